The highest BCUT2D eigenvalue weighted by atomic mass is 15.3. The summed E-state index contributed by atoms with van der Waals surface area (Å²) in [5.74, 6) is 0. The summed E-state index contributed by atoms with van der Waals surface area (Å²) in [6.07, 6.45) is 6.38. The molecule has 0 amide bonds. The molecular weight excluding hydrogens is 342 g/mol. The number of benzene rings is 1. The summed E-state index contributed by atoms with van der Waals surface area (Å²) < 4.78 is 0. The Kier molecular flexibility index (Phi) is 8.98. The standard InChI is InChI=1S/C25H39N3/c1-7-8-9-10-13-21(4)27-16-18-28(19-17-27)23(6)22(5)26-25-15-12-11-14-24(25)20(2)3/h11-12,14-15,23H,2,4,7-10,13,16-19H2,1,3,5-6H3/b26-22+. The van der Waals surface area contributed by atoms with E-state index in [1.54, 1.807) is 0 Å². The Balaban J connectivity index is 1.90. The van der Waals surface area contributed by atoms with Crippen molar-refractivity contribution in [1.82, 2.24) is 9.80 Å². The van der Waals surface area contributed by atoms with E-state index >= 15 is 0 Å². The van der Waals surface area contributed by atoms with Crippen LogP contribution in [0.2, 0.25) is 0 Å². The molecule has 0 saturated carbocycles. The lowest BCUT2D eigenvalue weighted by atomic mass is 10.1. The first-order valence-electron chi connectivity index (χ1n) is 10.9. The van der Waals surface area contributed by atoms with Gasteiger partial charge in [0, 0.05) is 49.2 Å². The number of aliphatic imine (C=N–C) groups is 1. The molecule has 28 heavy (non-hydrogen) atoms. The van der Waals surface area contributed by atoms with E-state index in [-0.39, 0.29) is 0 Å². The second kappa shape index (κ2) is 11.2. The van der Waals surface area contributed by atoms with Crippen LogP contribution in [0.4, 0.5) is 5.69 Å². The van der Waals surface area contributed by atoms with Gasteiger partial charge >= 0.3 is 0 Å². The van der Waals surface area contributed by atoms with Gasteiger partial charge in [0.2, 0.25) is 0 Å². The van der Waals surface area contributed by atoms with Crippen molar-refractivity contribution in [1.29, 1.82) is 0 Å². The smallest absolute Gasteiger partial charge is 0.0704 e. The molecule has 0 aliphatic carbocycles. The third kappa shape index (κ3) is 6.34. The number of para-hydroxylation sites is 1. The summed E-state index contributed by atoms with van der Waals surface area (Å²) in [6, 6.07) is 8.63. The molecule has 1 aromatic rings. The van der Waals surface area contributed by atoms with E-state index in [9.17, 15) is 0 Å². The molecular formula is C25H39N3. The minimum Gasteiger partial charge on any atom is -0.373 e. The van der Waals surface area contributed by atoms with E-state index in [2.05, 4.69) is 61.9 Å². The second-order valence-electron chi connectivity index (χ2n) is 8.13. The van der Waals surface area contributed by atoms with Gasteiger partial charge in [-0.1, -0.05) is 57.5 Å². The van der Waals surface area contributed by atoms with E-state index < -0.39 is 0 Å². The van der Waals surface area contributed by atoms with Gasteiger partial charge < -0.3 is 4.90 Å². The second-order valence-corrected chi connectivity index (χ2v) is 8.13. The normalized spacial score (nSPS) is 16.9. The first kappa shape index (κ1) is 22.4. The molecule has 0 N–H and O–H groups in total. The molecule has 0 aromatic heterocycles. The van der Waals surface area contributed by atoms with Crippen molar-refractivity contribution in [3.8, 4) is 0 Å². The summed E-state index contributed by atoms with van der Waals surface area (Å²) in [4.78, 5) is 9.98. The number of allylic oxidation sites excluding steroid dienone is 2. The maximum absolute atomic E-state index is 4.95. The maximum atomic E-state index is 4.95. The summed E-state index contributed by atoms with van der Waals surface area (Å²) in [7, 11) is 0. The van der Waals surface area contributed by atoms with Gasteiger partial charge in [-0.3, -0.25) is 9.89 Å². The van der Waals surface area contributed by atoms with E-state index in [0.29, 0.717) is 6.04 Å². The molecule has 0 spiro atoms. The van der Waals surface area contributed by atoms with Crippen molar-refractivity contribution in [3.05, 3.63) is 48.7 Å². The maximum Gasteiger partial charge on any atom is 0.0704 e. The summed E-state index contributed by atoms with van der Waals surface area (Å²) in [5.41, 5.74) is 5.72. The van der Waals surface area contributed by atoms with Crippen molar-refractivity contribution in [2.24, 2.45) is 4.99 Å². The average molecular weight is 382 g/mol. The Bertz CT molecular complexity index is 681. The molecule has 0 bridgehead atoms. The SMILES string of the molecule is C=C(C)c1ccccc1/N=C(\C)C(C)N1CCN(C(=C)CCCCCC)CC1. The molecule has 154 valence electrons. The highest BCUT2D eigenvalue weighted by molar-refractivity contribution is 5.90. The Morgan fingerprint density at radius 1 is 1.04 bits per heavy atom. The first-order chi connectivity index (χ1) is 13.4. The molecule has 1 unspecified atom stereocenters. The van der Waals surface area contributed by atoms with Crippen LogP contribution in [0.25, 0.3) is 5.57 Å². The molecule has 2 rings (SSSR count). The number of unbranched alkanes of at least 4 members (excludes halogenated alkanes) is 3. The van der Waals surface area contributed by atoms with Crippen molar-refractivity contribution in [3.63, 3.8) is 0 Å². The van der Waals surface area contributed by atoms with Crippen LogP contribution < -0.4 is 0 Å². The van der Waals surface area contributed by atoms with Crippen LogP contribution in [0, 0.1) is 0 Å². The highest BCUT2D eigenvalue weighted by Gasteiger charge is 2.23. The fourth-order valence-corrected chi connectivity index (χ4v) is 3.82. The Morgan fingerprint density at radius 2 is 1.71 bits per heavy atom. The lowest BCUT2D eigenvalue weighted by Crippen LogP contribution is -2.50. The largest absolute Gasteiger partial charge is 0.373 e. The van der Waals surface area contributed by atoms with Gasteiger partial charge in [-0.15, -0.1) is 0 Å². The molecule has 1 aliphatic rings. The van der Waals surface area contributed by atoms with E-state index in [4.69, 9.17) is 4.99 Å². The van der Waals surface area contributed by atoms with Crippen LogP contribution in [-0.4, -0.2) is 47.7 Å². The molecule has 3 heteroatoms. The van der Waals surface area contributed by atoms with Crippen molar-refractivity contribution in [2.45, 2.75) is 65.8 Å². The molecule has 1 saturated heterocycles. The fraction of sp³-hybridized carbons (Fsp3) is 0.560. The Hall–Kier alpha value is -1.87. The zero-order chi connectivity index (χ0) is 20.5. The third-order valence-electron chi connectivity index (χ3n) is 5.89. The predicted octanol–water partition coefficient (Wildman–Crippen LogP) is 6.30. The first-order valence-corrected chi connectivity index (χ1v) is 10.9. The number of rotatable bonds is 10. The quantitative estimate of drug-likeness (QED) is 0.350. The van der Waals surface area contributed by atoms with Crippen molar-refractivity contribution >= 4 is 17.0 Å². The van der Waals surface area contributed by atoms with E-state index in [0.717, 1.165) is 49.4 Å². The van der Waals surface area contributed by atoms with Crippen molar-refractivity contribution in [2.75, 3.05) is 26.2 Å². The minimum atomic E-state index is 0.346. The van der Waals surface area contributed by atoms with Gasteiger partial charge in [-0.25, -0.2) is 0 Å². The van der Waals surface area contributed by atoms with Gasteiger partial charge in [0.25, 0.3) is 0 Å². The average Bonchev–Trinajstić information content (AvgIpc) is 2.70. The lowest BCUT2D eigenvalue weighted by molar-refractivity contribution is 0.144. The number of hydrogen-bond donors (Lipinski definition) is 0. The number of nitrogens with zero attached hydrogens (tertiary/aromatic N) is 3. The van der Waals surface area contributed by atoms with Gasteiger partial charge in [-0.05, 0) is 45.3 Å². The summed E-state index contributed by atoms with van der Waals surface area (Å²) in [5, 5.41) is 0. The van der Waals surface area contributed by atoms with Crippen LogP contribution in [0.1, 0.15) is 65.4 Å². The van der Waals surface area contributed by atoms with Gasteiger partial charge in [-0.2, -0.15) is 0 Å². The zero-order valence-electron chi connectivity index (χ0n) is 18.5. The van der Waals surface area contributed by atoms with Gasteiger partial charge in [0.05, 0.1) is 5.69 Å². The number of hydrogen-bond acceptors (Lipinski definition) is 3. The molecule has 0 radical (unpaired) electrons. The third-order valence-corrected chi connectivity index (χ3v) is 5.89. The van der Waals surface area contributed by atoms with Crippen LogP contribution >= 0.6 is 0 Å². The molecule has 1 aliphatic heterocycles. The predicted molar refractivity (Wildman–Crippen MR) is 124 cm³/mol. The fourth-order valence-electron chi connectivity index (χ4n) is 3.82. The molecule has 3 nitrogen and oxygen atoms in total. The lowest BCUT2D eigenvalue weighted by Gasteiger charge is -2.40. The minimum absolute atomic E-state index is 0.346. The Morgan fingerprint density at radius 3 is 2.36 bits per heavy atom. The van der Waals surface area contributed by atoms with Gasteiger partial charge in [0.1, 0.15) is 0 Å². The van der Waals surface area contributed by atoms with E-state index in [1.165, 1.54) is 37.1 Å². The molecule has 1 fully saturated rings. The highest BCUT2D eigenvalue weighted by Crippen LogP contribution is 2.26. The van der Waals surface area contributed by atoms with Crippen LogP contribution in [0.15, 0.2) is 48.1 Å². The van der Waals surface area contributed by atoms with E-state index in [1.807, 2.05) is 13.0 Å². The van der Waals surface area contributed by atoms with Gasteiger partial charge in [0.15, 0.2) is 0 Å². The monoisotopic (exact) mass is 381 g/mol. The Labute approximate surface area is 172 Å². The van der Waals surface area contributed by atoms with Crippen LogP contribution in [0.3, 0.4) is 0 Å². The topological polar surface area (TPSA) is 18.8 Å². The summed E-state index contributed by atoms with van der Waals surface area (Å²) in [6.45, 7) is 21.5. The zero-order valence-corrected chi connectivity index (χ0v) is 18.5. The summed E-state index contributed by atoms with van der Waals surface area (Å²) >= 11 is 0. The number of piperazine rings is 1. The molecule has 1 atom stereocenters. The molecule has 1 heterocycles. The van der Waals surface area contributed by atoms with Crippen LogP contribution in [0.5, 0.6) is 0 Å². The van der Waals surface area contributed by atoms with Crippen LogP contribution in [-0.2, 0) is 0 Å². The van der Waals surface area contributed by atoms with Crippen molar-refractivity contribution < 1.29 is 0 Å². The molecule has 1 aromatic carbocycles.